The van der Waals surface area contributed by atoms with Gasteiger partial charge in [0, 0.05) is 18.7 Å². The SMILES string of the molecule is O=C(NCCn1nc(-c2cccs2)n(C2CC2)c1=O)c1ccccc1[N+](=O)[O-]. The molecule has 0 bridgehead atoms. The Balaban J connectivity index is 1.49. The third-order valence-electron chi connectivity index (χ3n) is 4.48. The molecule has 10 heteroatoms. The van der Waals surface area contributed by atoms with Gasteiger partial charge in [-0.1, -0.05) is 18.2 Å². The van der Waals surface area contributed by atoms with Gasteiger partial charge in [0.25, 0.3) is 11.6 Å². The van der Waals surface area contributed by atoms with Gasteiger partial charge in [0.15, 0.2) is 5.82 Å². The van der Waals surface area contributed by atoms with Crippen LogP contribution in [-0.2, 0) is 6.54 Å². The minimum absolute atomic E-state index is 0.0115. The molecule has 0 spiro atoms. The number of amides is 1. The number of thiophene rings is 1. The van der Waals surface area contributed by atoms with Gasteiger partial charge in [-0.05, 0) is 30.4 Å². The van der Waals surface area contributed by atoms with E-state index in [4.69, 9.17) is 0 Å². The van der Waals surface area contributed by atoms with Crippen LogP contribution in [-0.4, -0.2) is 31.7 Å². The first-order chi connectivity index (χ1) is 13.6. The molecule has 28 heavy (non-hydrogen) atoms. The van der Waals surface area contributed by atoms with Crippen molar-refractivity contribution in [2.75, 3.05) is 6.54 Å². The maximum atomic E-state index is 12.7. The van der Waals surface area contributed by atoms with E-state index in [1.807, 2.05) is 17.5 Å². The predicted octanol–water partition coefficient (Wildman–Crippen LogP) is 2.45. The average molecular weight is 399 g/mol. The number of nitrogens with one attached hydrogen (secondary N) is 1. The van der Waals surface area contributed by atoms with Crippen molar-refractivity contribution in [3.05, 3.63) is 67.9 Å². The third-order valence-corrected chi connectivity index (χ3v) is 5.34. The highest BCUT2D eigenvalue weighted by Crippen LogP contribution is 2.37. The summed E-state index contributed by atoms with van der Waals surface area (Å²) >= 11 is 1.52. The standard InChI is InChI=1S/C18H17N5O4S/c24-17(13-4-1-2-5-14(13)23(26)27)19-9-10-21-18(25)22(12-7-8-12)16(20-21)15-6-3-11-28-15/h1-6,11-12H,7-10H2,(H,19,24). The van der Waals surface area contributed by atoms with E-state index in [-0.39, 0.29) is 36.1 Å². The molecule has 144 valence electrons. The van der Waals surface area contributed by atoms with Crippen molar-refractivity contribution in [1.82, 2.24) is 19.7 Å². The molecule has 1 fully saturated rings. The van der Waals surface area contributed by atoms with Gasteiger partial charge < -0.3 is 5.32 Å². The Bertz CT molecular complexity index is 1080. The maximum absolute atomic E-state index is 12.7. The molecule has 1 aromatic carbocycles. The van der Waals surface area contributed by atoms with E-state index in [0.29, 0.717) is 5.82 Å². The average Bonchev–Trinajstić information content (AvgIpc) is 3.26. The molecule has 9 nitrogen and oxygen atoms in total. The number of aromatic nitrogens is 3. The van der Waals surface area contributed by atoms with Crippen molar-refractivity contribution >= 4 is 22.9 Å². The first kappa shape index (κ1) is 18.1. The number of nitrogens with zero attached hydrogens (tertiary/aromatic N) is 4. The molecule has 1 aliphatic rings. The Kier molecular flexibility index (Phi) is 4.78. The highest BCUT2D eigenvalue weighted by Gasteiger charge is 2.30. The van der Waals surface area contributed by atoms with Crippen molar-refractivity contribution in [1.29, 1.82) is 0 Å². The van der Waals surface area contributed by atoms with E-state index >= 15 is 0 Å². The summed E-state index contributed by atoms with van der Waals surface area (Å²) in [5.41, 5.74) is -0.469. The lowest BCUT2D eigenvalue weighted by molar-refractivity contribution is -0.385. The number of nitro groups is 1. The molecule has 2 aromatic heterocycles. The zero-order valence-electron chi connectivity index (χ0n) is 14.8. The number of nitro benzene ring substituents is 1. The predicted molar refractivity (Wildman–Crippen MR) is 104 cm³/mol. The van der Waals surface area contributed by atoms with Crippen LogP contribution in [0.1, 0.15) is 29.2 Å². The van der Waals surface area contributed by atoms with Crippen LogP contribution in [0.2, 0.25) is 0 Å². The molecule has 1 saturated carbocycles. The fourth-order valence-corrected chi connectivity index (χ4v) is 3.70. The van der Waals surface area contributed by atoms with Crippen LogP contribution in [0, 0.1) is 10.1 Å². The van der Waals surface area contributed by atoms with E-state index < -0.39 is 10.8 Å². The zero-order valence-corrected chi connectivity index (χ0v) is 15.6. The van der Waals surface area contributed by atoms with E-state index in [1.54, 1.807) is 10.6 Å². The number of benzene rings is 1. The third kappa shape index (κ3) is 3.46. The molecule has 1 amide bonds. The number of hydrogen-bond acceptors (Lipinski definition) is 6. The van der Waals surface area contributed by atoms with Crippen molar-refractivity contribution in [3.63, 3.8) is 0 Å². The molecule has 4 rings (SSSR count). The molecule has 3 aromatic rings. The molecule has 0 radical (unpaired) electrons. The minimum atomic E-state index is -0.593. The van der Waals surface area contributed by atoms with Crippen molar-refractivity contribution in [2.24, 2.45) is 0 Å². The number of para-hydroxylation sites is 1. The molecular formula is C18H17N5O4S. The fourth-order valence-electron chi connectivity index (χ4n) is 3.00. The first-order valence-electron chi connectivity index (χ1n) is 8.81. The van der Waals surface area contributed by atoms with Gasteiger partial charge in [-0.15, -0.1) is 16.4 Å². The lowest BCUT2D eigenvalue weighted by Crippen LogP contribution is -2.32. The van der Waals surface area contributed by atoms with E-state index in [9.17, 15) is 19.7 Å². The highest BCUT2D eigenvalue weighted by molar-refractivity contribution is 7.13. The summed E-state index contributed by atoms with van der Waals surface area (Å²) in [4.78, 5) is 36.4. The quantitative estimate of drug-likeness (QED) is 0.484. The molecule has 1 N–H and O–H groups in total. The van der Waals surface area contributed by atoms with Gasteiger partial charge in [-0.3, -0.25) is 19.5 Å². The molecule has 2 heterocycles. The topological polar surface area (TPSA) is 112 Å². The molecule has 1 aliphatic carbocycles. The van der Waals surface area contributed by atoms with Gasteiger partial charge >= 0.3 is 5.69 Å². The Morgan fingerprint density at radius 3 is 2.75 bits per heavy atom. The number of hydrogen-bond donors (Lipinski definition) is 1. The van der Waals surface area contributed by atoms with Crippen molar-refractivity contribution in [2.45, 2.75) is 25.4 Å². The second kappa shape index (κ2) is 7.39. The number of carbonyl (C=O) groups excluding carboxylic acids is 1. The van der Waals surface area contributed by atoms with Crippen LogP contribution in [0.4, 0.5) is 5.69 Å². The lowest BCUT2D eigenvalue weighted by atomic mass is 10.1. The monoisotopic (exact) mass is 399 g/mol. The summed E-state index contributed by atoms with van der Waals surface area (Å²) in [5, 5.41) is 20.1. The Morgan fingerprint density at radius 2 is 2.07 bits per heavy atom. The Morgan fingerprint density at radius 1 is 1.29 bits per heavy atom. The van der Waals surface area contributed by atoms with Crippen LogP contribution in [0.5, 0.6) is 0 Å². The number of rotatable bonds is 7. The molecular weight excluding hydrogens is 382 g/mol. The van der Waals surface area contributed by atoms with E-state index in [2.05, 4.69) is 10.4 Å². The second-order valence-electron chi connectivity index (χ2n) is 6.44. The van der Waals surface area contributed by atoms with Gasteiger partial charge in [-0.2, -0.15) is 0 Å². The van der Waals surface area contributed by atoms with Crippen LogP contribution >= 0.6 is 11.3 Å². The zero-order chi connectivity index (χ0) is 19.7. The van der Waals surface area contributed by atoms with Gasteiger partial charge in [0.1, 0.15) is 5.56 Å². The van der Waals surface area contributed by atoms with Gasteiger partial charge in [0.2, 0.25) is 0 Å². The summed E-state index contributed by atoms with van der Waals surface area (Å²) < 4.78 is 3.06. The highest BCUT2D eigenvalue weighted by atomic mass is 32.1. The normalized spacial score (nSPS) is 13.4. The Hall–Kier alpha value is -3.27. The fraction of sp³-hybridized carbons (Fsp3) is 0.278. The summed E-state index contributed by atoms with van der Waals surface area (Å²) in [6.45, 7) is 0.319. The Labute approximate surface area is 163 Å². The maximum Gasteiger partial charge on any atom is 0.346 e. The summed E-state index contributed by atoms with van der Waals surface area (Å²) in [7, 11) is 0. The molecule has 0 unspecified atom stereocenters. The van der Waals surface area contributed by atoms with Crippen LogP contribution in [0.25, 0.3) is 10.7 Å². The van der Waals surface area contributed by atoms with E-state index in [0.717, 1.165) is 17.7 Å². The molecule has 0 aliphatic heterocycles. The second-order valence-corrected chi connectivity index (χ2v) is 7.39. The van der Waals surface area contributed by atoms with Crippen LogP contribution in [0.15, 0.2) is 46.6 Å². The number of carbonyl (C=O) groups is 1. The smallest absolute Gasteiger partial charge is 0.346 e. The summed E-state index contributed by atoms with van der Waals surface area (Å²) in [5.74, 6) is 0.0907. The van der Waals surface area contributed by atoms with Crippen molar-refractivity contribution < 1.29 is 9.72 Å². The summed E-state index contributed by atoms with van der Waals surface area (Å²) in [6.07, 6.45) is 1.91. The lowest BCUT2D eigenvalue weighted by Gasteiger charge is -2.05. The van der Waals surface area contributed by atoms with Crippen LogP contribution < -0.4 is 11.0 Å². The largest absolute Gasteiger partial charge is 0.350 e. The molecule has 0 saturated heterocycles. The minimum Gasteiger partial charge on any atom is -0.350 e. The van der Waals surface area contributed by atoms with Crippen LogP contribution in [0.3, 0.4) is 0 Å². The first-order valence-corrected chi connectivity index (χ1v) is 9.69. The van der Waals surface area contributed by atoms with Gasteiger partial charge in [0.05, 0.1) is 16.3 Å². The van der Waals surface area contributed by atoms with Gasteiger partial charge in [-0.25, -0.2) is 9.48 Å². The summed E-state index contributed by atoms with van der Waals surface area (Å²) in [6, 6.07) is 9.77. The van der Waals surface area contributed by atoms with Crippen molar-refractivity contribution in [3.8, 4) is 10.7 Å². The molecule has 0 atom stereocenters. The van der Waals surface area contributed by atoms with E-state index in [1.165, 1.54) is 34.2 Å².